The van der Waals surface area contributed by atoms with Crippen molar-refractivity contribution in [2.45, 2.75) is 19.4 Å². The lowest BCUT2D eigenvalue weighted by Crippen LogP contribution is -2.04. The first-order valence-electron chi connectivity index (χ1n) is 2.46. The van der Waals surface area contributed by atoms with Crippen LogP contribution in [0, 0.1) is 9.81 Å². The molecule has 0 amide bonds. The normalized spacial score (nSPS) is 12.6. The molecule has 0 bridgehead atoms. The third-order valence-electron chi connectivity index (χ3n) is 0.906. The predicted octanol–water partition coefficient (Wildman–Crippen LogP) is 1.30. The fourth-order valence-corrected chi connectivity index (χ4v) is 0.323. The molecule has 0 aliphatic carbocycles. The van der Waals surface area contributed by atoms with Crippen molar-refractivity contribution in [1.29, 1.82) is 0 Å². The van der Waals surface area contributed by atoms with Crippen molar-refractivity contribution in [1.82, 2.24) is 0 Å². The molecule has 4 heteroatoms. The van der Waals surface area contributed by atoms with Crippen molar-refractivity contribution in [3.05, 3.63) is 9.81 Å². The second-order valence-electron chi connectivity index (χ2n) is 1.48. The monoisotopic (exact) mass is 116 g/mol. The Morgan fingerprint density at radius 3 is 2.25 bits per heavy atom. The average molecular weight is 116 g/mol. The Hall–Kier alpha value is -0.800. The van der Waals surface area contributed by atoms with Crippen LogP contribution in [0.4, 0.5) is 0 Å². The minimum atomic E-state index is -0.410. The van der Waals surface area contributed by atoms with Gasteiger partial charge in [0.2, 0.25) is 0 Å². The standard InChI is InChI=1S/C4H8N2O2/c1-2-4(6-8)3-5-7/h4H,2-3H2,1H3. The van der Waals surface area contributed by atoms with Crippen LogP contribution in [0.2, 0.25) is 0 Å². The van der Waals surface area contributed by atoms with Crippen LogP contribution in [-0.2, 0) is 0 Å². The molecule has 8 heavy (non-hydrogen) atoms. The minimum Gasteiger partial charge on any atom is -0.151 e. The zero-order valence-corrected chi connectivity index (χ0v) is 4.70. The van der Waals surface area contributed by atoms with Crippen LogP contribution >= 0.6 is 0 Å². The molecule has 46 valence electrons. The third-order valence-corrected chi connectivity index (χ3v) is 0.906. The van der Waals surface area contributed by atoms with Gasteiger partial charge < -0.3 is 0 Å². The van der Waals surface area contributed by atoms with Crippen LogP contribution in [0.3, 0.4) is 0 Å². The molecule has 0 aromatic heterocycles. The first-order valence-corrected chi connectivity index (χ1v) is 2.46. The SMILES string of the molecule is CCC(CN=O)N=O. The zero-order valence-electron chi connectivity index (χ0n) is 4.70. The maximum absolute atomic E-state index is 9.68. The summed E-state index contributed by atoms with van der Waals surface area (Å²) in [6, 6.07) is -0.410. The van der Waals surface area contributed by atoms with Crippen LogP contribution in [0.15, 0.2) is 10.4 Å². The molecule has 0 radical (unpaired) electrons. The third kappa shape index (κ3) is 2.39. The summed E-state index contributed by atoms with van der Waals surface area (Å²) in [5, 5.41) is 5.19. The average Bonchev–Trinajstić information content (AvgIpc) is 1.83. The Labute approximate surface area is 47.2 Å². The number of hydrogen-bond acceptors (Lipinski definition) is 4. The molecule has 0 rings (SSSR count). The Bertz CT molecular complexity index is 84.1. The lowest BCUT2D eigenvalue weighted by Gasteiger charge is -1.94. The molecule has 0 saturated heterocycles. The Kier molecular flexibility index (Phi) is 3.93. The van der Waals surface area contributed by atoms with Gasteiger partial charge in [-0.3, -0.25) is 0 Å². The summed E-state index contributed by atoms with van der Waals surface area (Å²) in [7, 11) is 0. The zero-order chi connectivity index (χ0) is 6.41. The summed E-state index contributed by atoms with van der Waals surface area (Å²) in [6.07, 6.45) is 0.592. The van der Waals surface area contributed by atoms with Gasteiger partial charge in [-0.2, -0.15) is 9.81 Å². The fourth-order valence-electron chi connectivity index (χ4n) is 0.323. The van der Waals surface area contributed by atoms with Gasteiger partial charge in [0.1, 0.15) is 12.6 Å². The highest BCUT2D eigenvalue weighted by Crippen LogP contribution is 1.95. The van der Waals surface area contributed by atoms with Crippen LogP contribution < -0.4 is 0 Å². The summed E-state index contributed by atoms with van der Waals surface area (Å²) in [6.45, 7) is 1.80. The lowest BCUT2D eigenvalue weighted by molar-refractivity contribution is 0.656. The van der Waals surface area contributed by atoms with Crippen molar-refractivity contribution >= 4 is 0 Å². The molecule has 0 aliphatic heterocycles. The van der Waals surface area contributed by atoms with Crippen molar-refractivity contribution in [2.75, 3.05) is 6.54 Å². The van der Waals surface area contributed by atoms with Gasteiger partial charge in [0.25, 0.3) is 0 Å². The number of nitroso groups, excluding NO2 is 2. The molecule has 0 heterocycles. The summed E-state index contributed by atoms with van der Waals surface area (Å²) < 4.78 is 0. The van der Waals surface area contributed by atoms with Crippen molar-refractivity contribution in [3.63, 3.8) is 0 Å². The quantitative estimate of drug-likeness (QED) is 0.519. The Morgan fingerprint density at radius 1 is 1.50 bits per heavy atom. The van der Waals surface area contributed by atoms with Crippen molar-refractivity contribution in [3.8, 4) is 0 Å². The van der Waals surface area contributed by atoms with E-state index in [1.807, 2.05) is 0 Å². The number of nitrogens with zero attached hydrogens (tertiary/aromatic N) is 2. The molecule has 0 aromatic carbocycles. The van der Waals surface area contributed by atoms with E-state index in [0.717, 1.165) is 0 Å². The molecule has 0 spiro atoms. The van der Waals surface area contributed by atoms with Gasteiger partial charge in [0.05, 0.1) is 0 Å². The Balaban J connectivity index is 3.35. The molecule has 0 N–H and O–H groups in total. The van der Waals surface area contributed by atoms with E-state index in [1.165, 1.54) is 0 Å². The van der Waals surface area contributed by atoms with Crippen LogP contribution in [-0.4, -0.2) is 12.6 Å². The highest BCUT2D eigenvalue weighted by molar-refractivity contribution is 4.64. The second-order valence-corrected chi connectivity index (χ2v) is 1.48. The Morgan fingerprint density at radius 2 is 2.12 bits per heavy atom. The molecule has 0 aromatic rings. The van der Waals surface area contributed by atoms with Gasteiger partial charge in [-0.25, -0.2) is 0 Å². The van der Waals surface area contributed by atoms with E-state index in [-0.39, 0.29) is 6.54 Å². The van der Waals surface area contributed by atoms with E-state index in [0.29, 0.717) is 6.42 Å². The van der Waals surface area contributed by atoms with E-state index in [4.69, 9.17) is 0 Å². The molecule has 4 nitrogen and oxygen atoms in total. The van der Waals surface area contributed by atoms with Crippen LogP contribution in [0.25, 0.3) is 0 Å². The van der Waals surface area contributed by atoms with Gasteiger partial charge in [0.15, 0.2) is 0 Å². The maximum Gasteiger partial charge on any atom is 0.115 e. The maximum atomic E-state index is 9.68. The first-order chi connectivity index (χ1) is 3.85. The largest absolute Gasteiger partial charge is 0.151 e. The van der Waals surface area contributed by atoms with Gasteiger partial charge >= 0.3 is 0 Å². The topological polar surface area (TPSA) is 58.9 Å². The smallest absolute Gasteiger partial charge is 0.115 e. The number of hydrogen-bond donors (Lipinski definition) is 0. The highest BCUT2D eigenvalue weighted by atomic mass is 16.3. The van der Waals surface area contributed by atoms with Crippen molar-refractivity contribution < 1.29 is 0 Å². The van der Waals surface area contributed by atoms with E-state index >= 15 is 0 Å². The highest BCUT2D eigenvalue weighted by Gasteiger charge is 2.02. The molecule has 0 saturated carbocycles. The number of rotatable bonds is 4. The van der Waals surface area contributed by atoms with E-state index in [9.17, 15) is 9.81 Å². The van der Waals surface area contributed by atoms with E-state index in [1.54, 1.807) is 6.92 Å². The predicted molar refractivity (Wildman–Crippen MR) is 30.5 cm³/mol. The molecular weight excluding hydrogens is 108 g/mol. The summed E-state index contributed by atoms with van der Waals surface area (Å²) in [5.74, 6) is 0. The summed E-state index contributed by atoms with van der Waals surface area (Å²) in [4.78, 5) is 19.2. The molecule has 0 aliphatic rings. The van der Waals surface area contributed by atoms with E-state index < -0.39 is 6.04 Å². The first kappa shape index (κ1) is 7.20. The van der Waals surface area contributed by atoms with Crippen molar-refractivity contribution in [2.24, 2.45) is 10.4 Å². The second kappa shape index (κ2) is 4.36. The molecule has 1 unspecified atom stereocenters. The van der Waals surface area contributed by atoms with Gasteiger partial charge in [0, 0.05) is 0 Å². The fraction of sp³-hybridized carbons (Fsp3) is 1.00. The van der Waals surface area contributed by atoms with Crippen LogP contribution in [0.5, 0.6) is 0 Å². The van der Waals surface area contributed by atoms with Gasteiger partial charge in [-0.05, 0) is 6.42 Å². The summed E-state index contributed by atoms with van der Waals surface area (Å²) in [5.41, 5.74) is 0. The van der Waals surface area contributed by atoms with Gasteiger partial charge in [-0.1, -0.05) is 17.3 Å². The van der Waals surface area contributed by atoms with Gasteiger partial charge in [-0.15, -0.1) is 0 Å². The van der Waals surface area contributed by atoms with E-state index in [2.05, 4.69) is 10.4 Å². The molecule has 1 atom stereocenters. The lowest BCUT2D eigenvalue weighted by atomic mass is 10.2. The minimum absolute atomic E-state index is 0.0139. The molecular formula is C4H8N2O2. The molecule has 0 fully saturated rings. The summed E-state index contributed by atoms with van der Waals surface area (Å²) >= 11 is 0. The van der Waals surface area contributed by atoms with Crippen LogP contribution in [0.1, 0.15) is 13.3 Å².